The molecule has 0 aliphatic carbocycles. The van der Waals surface area contributed by atoms with Crippen molar-refractivity contribution in [2.24, 2.45) is 5.10 Å². The van der Waals surface area contributed by atoms with Crippen LogP contribution in [0.5, 0.6) is 0 Å². The van der Waals surface area contributed by atoms with Gasteiger partial charge in [-0.05, 0) is 38.1 Å². The third-order valence-electron chi connectivity index (χ3n) is 3.19. The van der Waals surface area contributed by atoms with E-state index in [1.54, 1.807) is 0 Å². The van der Waals surface area contributed by atoms with Gasteiger partial charge >= 0.3 is 0 Å². The molecular formula is C15H14N2. The Morgan fingerprint density at radius 2 is 1.35 bits per heavy atom. The Kier molecular flexibility index (Phi) is 2.05. The fourth-order valence-corrected chi connectivity index (χ4v) is 2.38. The van der Waals surface area contributed by atoms with E-state index in [-0.39, 0.29) is 0 Å². The van der Waals surface area contributed by atoms with Gasteiger partial charge in [0.05, 0.1) is 11.0 Å². The third kappa shape index (κ3) is 1.37. The number of benzene rings is 2. The smallest absolute Gasteiger partial charge is 0.0731 e. The maximum absolute atomic E-state index is 4.11. The molecule has 0 unspecified atom stereocenters. The molecule has 0 aliphatic heterocycles. The predicted octanol–water partition coefficient (Wildman–Crippen LogP) is 3.88. The summed E-state index contributed by atoms with van der Waals surface area (Å²) in [6.45, 7) is 7.88. The van der Waals surface area contributed by atoms with Gasteiger partial charge in [-0.2, -0.15) is 5.10 Å². The van der Waals surface area contributed by atoms with Crippen molar-refractivity contribution in [1.82, 2.24) is 4.68 Å². The van der Waals surface area contributed by atoms with Crippen LogP contribution in [0.4, 0.5) is 0 Å². The molecule has 3 aromatic rings. The SMILES string of the molecule is C=Nn1c2ccc(C)cc2c2cc(C)ccc21. The lowest BCUT2D eigenvalue weighted by Crippen LogP contribution is -1.85. The summed E-state index contributed by atoms with van der Waals surface area (Å²) < 4.78 is 1.91. The van der Waals surface area contributed by atoms with Crippen LogP contribution < -0.4 is 0 Å². The minimum Gasteiger partial charge on any atom is -0.233 e. The molecular weight excluding hydrogens is 208 g/mol. The molecule has 3 rings (SSSR count). The van der Waals surface area contributed by atoms with Gasteiger partial charge in [-0.15, -0.1) is 0 Å². The summed E-state index contributed by atoms with van der Waals surface area (Å²) >= 11 is 0. The summed E-state index contributed by atoms with van der Waals surface area (Å²) in [5.74, 6) is 0. The number of rotatable bonds is 1. The summed E-state index contributed by atoms with van der Waals surface area (Å²) in [5, 5.41) is 6.61. The van der Waals surface area contributed by atoms with Gasteiger partial charge in [0.15, 0.2) is 0 Å². The predicted molar refractivity (Wildman–Crippen MR) is 73.9 cm³/mol. The van der Waals surface area contributed by atoms with Gasteiger partial charge in [-0.25, -0.2) is 4.68 Å². The normalized spacial score (nSPS) is 11.2. The van der Waals surface area contributed by atoms with Crippen LogP contribution in [0.3, 0.4) is 0 Å². The largest absolute Gasteiger partial charge is 0.233 e. The molecule has 0 fully saturated rings. The molecule has 1 aromatic heterocycles. The maximum atomic E-state index is 4.11. The number of aryl methyl sites for hydroxylation is 2. The molecule has 84 valence electrons. The Balaban J connectivity index is 2.61. The van der Waals surface area contributed by atoms with Gasteiger partial charge in [0.25, 0.3) is 0 Å². The summed E-state index contributed by atoms with van der Waals surface area (Å²) in [5.41, 5.74) is 4.77. The highest BCUT2D eigenvalue weighted by atomic mass is 15.3. The molecule has 0 spiro atoms. The second-order valence-electron chi connectivity index (χ2n) is 4.49. The Bertz CT molecular complexity index is 676. The molecule has 0 amide bonds. The van der Waals surface area contributed by atoms with Crippen LogP contribution in [0.2, 0.25) is 0 Å². The van der Waals surface area contributed by atoms with Crippen LogP contribution in [0, 0.1) is 13.8 Å². The van der Waals surface area contributed by atoms with Crippen molar-refractivity contribution < 1.29 is 0 Å². The number of nitrogens with zero attached hydrogens (tertiary/aromatic N) is 2. The lowest BCUT2D eigenvalue weighted by atomic mass is 10.1. The van der Waals surface area contributed by atoms with Crippen molar-refractivity contribution in [3.63, 3.8) is 0 Å². The van der Waals surface area contributed by atoms with Gasteiger partial charge < -0.3 is 0 Å². The first-order valence-electron chi connectivity index (χ1n) is 5.69. The van der Waals surface area contributed by atoms with Crippen molar-refractivity contribution in [1.29, 1.82) is 0 Å². The van der Waals surface area contributed by atoms with Gasteiger partial charge in [0.2, 0.25) is 0 Å². The summed E-state index contributed by atoms with van der Waals surface area (Å²) in [4.78, 5) is 0. The highest BCUT2D eigenvalue weighted by Crippen LogP contribution is 2.30. The average Bonchev–Trinajstić information content (AvgIpc) is 2.62. The molecule has 2 aromatic carbocycles. The zero-order chi connectivity index (χ0) is 12.0. The van der Waals surface area contributed by atoms with Gasteiger partial charge in [-0.1, -0.05) is 23.3 Å². The fraction of sp³-hybridized carbons (Fsp3) is 0.133. The average molecular weight is 222 g/mol. The number of hydrogen-bond acceptors (Lipinski definition) is 1. The molecule has 0 radical (unpaired) electrons. The minimum absolute atomic E-state index is 1.12. The van der Waals surface area contributed by atoms with E-state index in [0.29, 0.717) is 0 Å². The van der Waals surface area contributed by atoms with Crippen molar-refractivity contribution in [3.05, 3.63) is 47.5 Å². The zero-order valence-electron chi connectivity index (χ0n) is 10.1. The number of fused-ring (bicyclic) bond motifs is 3. The van der Waals surface area contributed by atoms with Gasteiger partial charge in [-0.3, -0.25) is 0 Å². The Labute approximate surface area is 100 Å². The van der Waals surface area contributed by atoms with E-state index < -0.39 is 0 Å². The first-order valence-corrected chi connectivity index (χ1v) is 5.69. The molecule has 17 heavy (non-hydrogen) atoms. The Morgan fingerprint density at radius 3 is 1.76 bits per heavy atom. The van der Waals surface area contributed by atoms with Crippen LogP contribution in [0.1, 0.15) is 11.1 Å². The second kappa shape index (κ2) is 3.45. The molecule has 0 saturated carbocycles. The quantitative estimate of drug-likeness (QED) is 0.556. The number of hydrogen-bond donors (Lipinski definition) is 0. The van der Waals surface area contributed by atoms with Gasteiger partial charge in [0, 0.05) is 17.5 Å². The van der Waals surface area contributed by atoms with E-state index >= 15 is 0 Å². The molecule has 2 nitrogen and oxygen atoms in total. The Morgan fingerprint density at radius 1 is 0.882 bits per heavy atom. The van der Waals surface area contributed by atoms with Crippen LogP contribution in [-0.2, 0) is 0 Å². The first-order chi connectivity index (χ1) is 8.20. The molecule has 0 N–H and O–H groups in total. The summed E-state index contributed by atoms with van der Waals surface area (Å²) in [7, 11) is 0. The van der Waals surface area contributed by atoms with Gasteiger partial charge in [0.1, 0.15) is 0 Å². The standard InChI is InChI=1S/C15H14N2/c1-10-4-6-14-12(8-10)13-9-11(2)5-7-15(13)17(14)16-3/h4-9H,3H2,1-2H3. The van der Waals surface area contributed by atoms with Crippen LogP contribution in [0.15, 0.2) is 41.5 Å². The van der Waals surface area contributed by atoms with Crippen molar-refractivity contribution in [3.8, 4) is 0 Å². The number of aromatic nitrogens is 1. The molecule has 0 aliphatic rings. The molecule has 0 atom stereocenters. The summed E-state index contributed by atoms with van der Waals surface area (Å²) in [6, 6.07) is 12.8. The highest BCUT2D eigenvalue weighted by molar-refractivity contribution is 6.08. The Hall–Kier alpha value is -2.09. The third-order valence-corrected chi connectivity index (χ3v) is 3.19. The summed E-state index contributed by atoms with van der Waals surface area (Å²) in [6.07, 6.45) is 0. The first kappa shape index (κ1) is 10.1. The van der Waals surface area contributed by atoms with E-state index in [1.807, 2.05) is 4.68 Å². The maximum Gasteiger partial charge on any atom is 0.0731 e. The van der Waals surface area contributed by atoms with Crippen molar-refractivity contribution in [2.75, 3.05) is 0 Å². The van der Waals surface area contributed by atoms with E-state index in [1.165, 1.54) is 21.9 Å². The molecule has 2 heteroatoms. The molecule has 0 saturated heterocycles. The second-order valence-corrected chi connectivity index (χ2v) is 4.49. The molecule has 0 bridgehead atoms. The minimum atomic E-state index is 1.12. The van der Waals surface area contributed by atoms with Crippen LogP contribution in [0.25, 0.3) is 21.8 Å². The lowest BCUT2D eigenvalue weighted by Gasteiger charge is -1.98. The van der Waals surface area contributed by atoms with E-state index in [4.69, 9.17) is 0 Å². The highest BCUT2D eigenvalue weighted by Gasteiger charge is 2.09. The van der Waals surface area contributed by atoms with Crippen LogP contribution >= 0.6 is 0 Å². The van der Waals surface area contributed by atoms with Crippen molar-refractivity contribution >= 4 is 28.5 Å². The van der Waals surface area contributed by atoms with E-state index in [9.17, 15) is 0 Å². The monoisotopic (exact) mass is 222 g/mol. The van der Waals surface area contributed by atoms with Crippen LogP contribution in [-0.4, -0.2) is 11.4 Å². The van der Waals surface area contributed by atoms with E-state index in [2.05, 4.69) is 62.1 Å². The zero-order valence-corrected chi connectivity index (χ0v) is 10.1. The van der Waals surface area contributed by atoms with E-state index in [0.717, 1.165) is 11.0 Å². The lowest BCUT2D eigenvalue weighted by molar-refractivity contribution is 0.980. The fourth-order valence-electron chi connectivity index (χ4n) is 2.38. The van der Waals surface area contributed by atoms with Crippen molar-refractivity contribution in [2.45, 2.75) is 13.8 Å². The molecule has 1 heterocycles. The topological polar surface area (TPSA) is 17.3 Å².